The summed E-state index contributed by atoms with van der Waals surface area (Å²) < 4.78 is 1.20. The van der Waals surface area contributed by atoms with Crippen LogP contribution in [0, 0.1) is 20.2 Å². The van der Waals surface area contributed by atoms with Crippen LogP contribution < -0.4 is 5.32 Å². The molecule has 0 spiro atoms. The lowest BCUT2D eigenvalue weighted by Gasteiger charge is -2.10. The first-order chi connectivity index (χ1) is 14.5. The maximum Gasteiger partial charge on any atom is 0.300 e. The van der Waals surface area contributed by atoms with E-state index in [9.17, 15) is 25.0 Å². The molecule has 0 aliphatic rings. The van der Waals surface area contributed by atoms with Gasteiger partial charge in [0.25, 0.3) is 5.91 Å². The Balaban J connectivity index is 1.86. The number of hydrogen-bond donors (Lipinski definition) is 1. The maximum atomic E-state index is 13.0. The average Bonchev–Trinajstić information content (AvgIpc) is 3.18. The zero-order chi connectivity index (χ0) is 21.3. The number of nitro benzene ring substituents is 2. The van der Waals surface area contributed by atoms with Gasteiger partial charge in [-0.2, -0.15) is 0 Å². The Morgan fingerprint density at radius 3 is 2.13 bits per heavy atom. The third kappa shape index (κ3) is 3.33. The molecule has 0 saturated carbocycles. The summed E-state index contributed by atoms with van der Waals surface area (Å²) in [5.74, 6) is -0.666. The SMILES string of the molecule is O=C(c1cc([N+](=O)[O-])c(Nc2ccccc2)c([N+](=O)[O-])c1)n1cnc2ccccc21. The summed E-state index contributed by atoms with van der Waals surface area (Å²) in [5.41, 5.74) is -0.195. The molecule has 148 valence electrons. The number of anilines is 2. The van der Waals surface area contributed by atoms with E-state index in [1.165, 1.54) is 10.9 Å². The van der Waals surface area contributed by atoms with E-state index in [0.29, 0.717) is 16.7 Å². The molecule has 0 radical (unpaired) electrons. The molecule has 0 atom stereocenters. The minimum absolute atomic E-state index is 0.199. The summed E-state index contributed by atoms with van der Waals surface area (Å²) in [6.07, 6.45) is 1.28. The molecule has 1 aromatic heterocycles. The second-order valence-corrected chi connectivity index (χ2v) is 6.30. The van der Waals surface area contributed by atoms with Crippen LogP contribution in [-0.2, 0) is 0 Å². The molecule has 4 rings (SSSR count). The lowest BCUT2D eigenvalue weighted by Crippen LogP contribution is -2.12. The lowest BCUT2D eigenvalue weighted by atomic mass is 10.1. The fourth-order valence-electron chi connectivity index (χ4n) is 3.08. The van der Waals surface area contributed by atoms with E-state index in [-0.39, 0.29) is 11.3 Å². The highest BCUT2D eigenvalue weighted by atomic mass is 16.6. The molecule has 3 aromatic carbocycles. The second kappa shape index (κ2) is 7.43. The molecule has 1 N–H and O–H groups in total. The lowest BCUT2D eigenvalue weighted by molar-refractivity contribution is -0.392. The number of benzene rings is 3. The Hall–Kier alpha value is -4.60. The Morgan fingerprint density at radius 1 is 0.900 bits per heavy atom. The van der Waals surface area contributed by atoms with Crippen molar-refractivity contribution in [3.63, 3.8) is 0 Å². The number of para-hydroxylation sites is 3. The number of nitrogens with one attached hydrogen (secondary N) is 1. The fourth-order valence-corrected chi connectivity index (χ4v) is 3.08. The summed E-state index contributed by atoms with van der Waals surface area (Å²) in [5, 5.41) is 26.1. The van der Waals surface area contributed by atoms with E-state index in [1.54, 1.807) is 54.6 Å². The Kier molecular flexibility index (Phi) is 4.64. The van der Waals surface area contributed by atoms with Gasteiger partial charge in [0.05, 0.1) is 26.4 Å². The molecular weight excluding hydrogens is 390 g/mol. The van der Waals surface area contributed by atoms with Gasteiger partial charge >= 0.3 is 11.4 Å². The van der Waals surface area contributed by atoms with Crippen molar-refractivity contribution in [2.45, 2.75) is 0 Å². The van der Waals surface area contributed by atoms with Crippen LogP contribution in [0.4, 0.5) is 22.7 Å². The number of nitrogens with zero attached hydrogens (tertiary/aromatic N) is 4. The van der Waals surface area contributed by atoms with Crippen molar-refractivity contribution >= 4 is 39.7 Å². The van der Waals surface area contributed by atoms with Crippen LogP contribution in [0.5, 0.6) is 0 Å². The number of carbonyl (C=O) groups is 1. The van der Waals surface area contributed by atoms with Crippen LogP contribution in [-0.4, -0.2) is 25.3 Å². The molecule has 0 amide bonds. The van der Waals surface area contributed by atoms with Crippen molar-refractivity contribution in [3.05, 3.63) is 98.8 Å². The summed E-state index contributed by atoms with van der Waals surface area (Å²) in [7, 11) is 0. The van der Waals surface area contributed by atoms with Gasteiger partial charge in [0.15, 0.2) is 5.69 Å². The second-order valence-electron chi connectivity index (χ2n) is 6.30. The molecule has 1 heterocycles. The summed E-state index contributed by atoms with van der Waals surface area (Å²) >= 11 is 0. The monoisotopic (exact) mass is 403 g/mol. The van der Waals surface area contributed by atoms with Crippen molar-refractivity contribution in [1.82, 2.24) is 9.55 Å². The number of carbonyl (C=O) groups excluding carboxylic acids is 1. The molecule has 0 unspecified atom stereocenters. The van der Waals surface area contributed by atoms with Crippen LogP contribution in [0.1, 0.15) is 10.4 Å². The largest absolute Gasteiger partial charge is 0.344 e. The Bertz CT molecular complexity index is 1260. The van der Waals surface area contributed by atoms with Crippen molar-refractivity contribution in [2.24, 2.45) is 0 Å². The van der Waals surface area contributed by atoms with E-state index < -0.39 is 27.1 Å². The minimum Gasteiger partial charge on any atom is -0.344 e. The van der Waals surface area contributed by atoms with Gasteiger partial charge < -0.3 is 5.32 Å². The highest BCUT2D eigenvalue weighted by molar-refractivity contribution is 6.03. The van der Waals surface area contributed by atoms with Crippen LogP contribution in [0.25, 0.3) is 11.0 Å². The van der Waals surface area contributed by atoms with Gasteiger partial charge in [-0.15, -0.1) is 0 Å². The zero-order valence-electron chi connectivity index (χ0n) is 15.3. The first-order valence-corrected chi connectivity index (χ1v) is 8.71. The van der Waals surface area contributed by atoms with Crippen molar-refractivity contribution in [1.29, 1.82) is 0 Å². The highest BCUT2D eigenvalue weighted by Gasteiger charge is 2.29. The van der Waals surface area contributed by atoms with E-state index in [1.807, 2.05) is 0 Å². The number of rotatable bonds is 5. The van der Waals surface area contributed by atoms with Crippen molar-refractivity contribution in [3.8, 4) is 0 Å². The van der Waals surface area contributed by atoms with Crippen LogP contribution in [0.2, 0.25) is 0 Å². The topological polar surface area (TPSA) is 133 Å². The molecule has 0 saturated heterocycles. The standard InChI is InChI=1S/C20H13N5O5/c26-20(23-12-21-15-8-4-5-9-16(15)23)13-10-17(24(27)28)19(18(11-13)25(29)30)22-14-6-2-1-3-7-14/h1-12,22H. The molecule has 4 aromatic rings. The third-order valence-electron chi connectivity index (χ3n) is 4.45. The van der Waals surface area contributed by atoms with Gasteiger partial charge in [-0.05, 0) is 24.3 Å². The first kappa shape index (κ1) is 18.7. The van der Waals surface area contributed by atoms with E-state index in [4.69, 9.17) is 0 Å². The predicted octanol–water partition coefficient (Wildman–Crippen LogP) is 4.28. The van der Waals surface area contributed by atoms with Crippen LogP contribution in [0.15, 0.2) is 73.1 Å². The predicted molar refractivity (Wildman–Crippen MR) is 109 cm³/mol. The van der Waals surface area contributed by atoms with Gasteiger partial charge in [-0.25, -0.2) is 4.98 Å². The first-order valence-electron chi connectivity index (χ1n) is 8.71. The number of fused-ring (bicyclic) bond motifs is 1. The van der Waals surface area contributed by atoms with Crippen molar-refractivity contribution in [2.75, 3.05) is 5.32 Å². The highest BCUT2D eigenvalue weighted by Crippen LogP contribution is 2.38. The maximum absolute atomic E-state index is 13.0. The Labute approximate surface area is 168 Å². The molecule has 0 bridgehead atoms. The van der Waals surface area contributed by atoms with Gasteiger partial charge in [-0.1, -0.05) is 30.3 Å². The quantitative estimate of drug-likeness (QED) is 0.388. The van der Waals surface area contributed by atoms with Crippen LogP contribution >= 0.6 is 0 Å². The normalized spacial score (nSPS) is 10.7. The molecule has 10 nitrogen and oxygen atoms in total. The van der Waals surface area contributed by atoms with Gasteiger partial charge in [0.1, 0.15) is 6.33 Å². The van der Waals surface area contributed by atoms with E-state index >= 15 is 0 Å². The smallest absolute Gasteiger partial charge is 0.300 e. The van der Waals surface area contributed by atoms with Gasteiger partial charge in [0.2, 0.25) is 0 Å². The molecule has 0 fully saturated rings. The minimum atomic E-state index is -0.763. The number of nitro groups is 2. The number of imidazole rings is 1. The third-order valence-corrected chi connectivity index (χ3v) is 4.45. The van der Waals surface area contributed by atoms with Crippen LogP contribution in [0.3, 0.4) is 0 Å². The summed E-state index contributed by atoms with van der Waals surface area (Å²) in [4.78, 5) is 38.9. The molecule has 0 aliphatic heterocycles. The summed E-state index contributed by atoms with van der Waals surface area (Å²) in [6.45, 7) is 0. The fraction of sp³-hybridized carbons (Fsp3) is 0. The molecular formula is C20H13N5O5. The molecule has 10 heteroatoms. The molecule has 0 aliphatic carbocycles. The summed E-state index contributed by atoms with van der Waals surface area (Å²) in [6, 6.07) is 17.2. The van der Waals surface area contributed by atoms with Gasteiger partial charge in [-0.3, -0.25) is 29.6 Å². The average molecular weight is 403 g/mol. The number of hydrogen-bond acceptors (Lipinski definition) is 7. The van der Waals surface area contributed by atoms with E-state index in [2.05, 4.69) is 10.3 Å². The van der Waals surface area contributed by atoms with Gasteiger partial charge in [0, 0.05) is 17.8 Å². The van der Waals surface area contributed by atoms with E-state index in [0.717, 1.165) is 12.1 Å². The Morgan fingerprint density at radius 2 is 1.50 bits per heavy atom. The number of aromatic nitrogens is 2. The molecule has 30 heavy (non-hydrogen) atoms. The zero-order valence-corrected chi connectivity index (χ0v) is 15.3. The van der Waals surface area contributed by atoms with Crippen molar-refractivity contribution < 1.29 is 14.6 Å².